The largest absolute Gasteiger partial charge is 0.396 e. The van der Waals surface area contributed by atoms with E-state index in [4.69, 9.17) is 10.8 Å². The molecule has 0 saturated heterocycles. The summed E-state index contributed by atoms with van der Waals surface area (Å²) in [5, 5.41) is 11.6. The second-order valence-corrected chi connectivity index (χ2v) is 4.71. The number of halogens is 1. The highest BCUT2D eigenvalue weighted by molar-refractivity contribution is 5.92. The lowest BCUT2D eigenvalue weighted by atomic mass is 10.2. The molecule has 1 aromatic rings. The van der Waals surface area contributed by atoms with Crippen LogP contribution in [0.3, 0.4) is 0 Å². The summed E-state index contributed by atoms with van der Waals surface area (Å²) in [6.45, 7) is 0.749. The summed E-state index contributed by atoms with van der Waals surface area (Å²) >= 11 is 0. The minimum absolute atomic E-state index is 0.00667. The van der Waals surface area contributed by atoms with Crippen LogP contribution >= 0.6 is 0 Å². The van der Waals surface area contributed by atoms with Gasteiger partial charge in [-0.1, -0.05) is 0 Å². The molecule has 0 aromatic heterocycles. The maximum Gasteiger partial charge on any atom is 0.238 e. The third-order valence-corrected chi connectivity index (χ3v) is 3.08. The lowest BCUT2D eigenvalue weighted by Crippen LogP contribution is -2.36. The molecule has 0 atom stereocenters. The van der Waals surface area contributed by atoms with Gasteiger partial charge in [0.05, 0.1) is 18.8 Å². The third kappa shape index (κ3) is 3.90. The number of carbonyl (C=O) groups is 1. The predicted molar refractivity (Wildman–Crippen MR) is 71.1 cm³/mol. The van der Waals surface area contributed by atoms with Crippen LogP contribution < -0.4 is 11.1 Å². The summed E-state index contributed by atoms with van der Waals surface area (Å²) < 4.78 is 13.0. The van der Waals surface area contributed by atoms with Crippen molar-refractivity contribution >= 4 is 17.3 Å². The van der Waals surface area contributed by atoms with Crippen LogP contribution in [-0.2, 0) is 4.79 Å². The fourth-order valence-corrected chi connectivity index (χ4v) is 1.97. The third-order valence-electron chi connectivity index (χ3n) is 3.08. The summed E-state index contributed by atoms with van der Waals surface area (Å²) in [5.41, 5.74) is 5.92. The van der Waals surface area contributed by atoms with Crippen molar-refractivity contribution in [2.24, 2.45) is 0 Å². The van der Waals surface area contributed by atoms with Gasteiger partial charge in [-0.15, -0.1) is 0 Å². The lowest BCUT2D eigenvalue weighted by Gasteiger charge is -2.20. The molecule has 1 saturated carbocycles. The van der Waals surface area contributed by atoms with Gasteiger partial charge in [-0.2, -0.15) is 0 Å². The Bertz CT molecular complexity index is 463. The van der Waals surface area contributed by atoms with Crippen molar-refractivity contribution in [2.45, 2.75) is 18.9 Å². The summed E-state index contributed by atoms with van der Waals surface area (Å²) in [6.07, 6.45) is 2.13. The van der Waals surface area contributed by atoms with E-state index in [2.05, 4.69) is 5.32 Å². The normalized spacial score (nSPS) is 14.7. The molecule has 19 heavy (non-hydrogen) atoms. The Balaban J connectivity index is 1.90. The van der Waals surface area contributed by atoms with E-state index in [0.29, 0.717) is 18.3 Å². The quantitative estimate of drug-likeness (QED) is 0.666. The van der Waals surface area contributed by atoms with Gasteiger partial charge in [-0.3, -0.25) is 9.69 Å². The number of hydrogen-bond donors (Lipinski definition) is 3. The van der Waals surface area contributed by atoms with Crippen molar-refractivity contribution in [3.05, 3.63) is 24.0 Å². The standard InChI is InChI=1S/C13H18FN3O2/c14-11-4-1-9(7-12(11)15)16-13(19)8-17(5-6-18)10-2-3-10/h1,4,7,10,18H,2-3,5-6,8,15H2,(H,16,19). The van der Waals surface area contributed by atoms with E-state index in [1.807, 2.05) is 4.90 Å². The number of nitrogens with two attached hydrogens (primary N) is 1. The van der Waals surface area contributed by atoms with Crippen LogP contribution in [0.15, 0.2) is 18.2 Å². The second-order valence-electron chi connectivity index (χ2n) is 4.71. The Morgan fingerprint density at radius 3 is 2.84 bits per heavy atom. The first-order chi connectivity index (χ1) is 9.10. The highest BCUT2D eigenvalue weighted by atomic mass is 19.1. The first-order valence-electron chi connectivity index (χ1n) is 6.30. The molecule has 0 heterocycles. The molecule has 0 aliphatic heterocycles. The van der Waals surface area contributed by atoms with Crippen molar-refractivity contribution in [2.75, 3.05) is 30.7 Å². The van der Waals surface area contributed by atoms with E-state index in [-0.39, 0.29) is 24.7 Å². The van der Waals surface area contributed by atoms with Gasteiger partial charge in [0.2, 0.25) is 5.91 Å². The van der Waals surface area contributed by atoms with Gasteiger partial charge in [0.15, 0.2) is 0 Å². The van der Waals surface area contributed by atoms with Crippen LogP contribution in [0.25, 0.3) is 0 Å². The summed E-state index contributed by atoms with van der Waals surface area (Å²) in [7, 11) is 0. The zero-order valence-corrected chi connectivity index (χ0v) is 10.6. The summed E-state index contributed by atoms with van der Waals surface area (Å²) in [5.74, 6) is -0.691. The van der Waals surface area contributed by atoms with Gasteiger partial charge in [0.1, 0.15) is 5.82 Å². The van der Waals surface area contributed by atoms with Crippen molar-refractivity contribution in [1.82, 2.24) is 4.90 Å². The van der Waals surface area contributed by atoms with E-state index < -0.39 is 5.82 Å². The number of aliphatic hydroxyl groups is 1. The molecule has 1 amide bonds. The van der Waals surface area contributed by atoms with Crippen LogP contribution in [0.5, 0.6) is 0 Å². The highest BCUT2D eigenvalue weighted by Crippen LogP contribution is 2.26. The smallest absolute Gasteiger partial charge is 0.238 e. The van der Waals surface area contributed by atoms with Crippen molar-refractivity contribution in [3.63, 3.8) is 0 Å². The Morgan fingerprint density at radius 2 is 2.26 bits per heavy atom. The molecular weight excluding hydrogens is 249 g/mol. The molecule has 1 aliphatic carbocycles. The number of benzene rings is 1. The van der Waals surface area contributed by atoms with Crippen molar-refractivity contribution < 1.29 is 14.3 Å². The SMILES string of the molecule is Nc1cc(NC(=O)CN(CCO)C2CC2)ccc1F. The van der Waals surface area contributed by atoms with Gasteiger partial charge in [-0.05, 0) is 31.0 Å². The number of hydrogen-bond acceptors (Lipinski definition) is 4. The molecule has 0 unspecified atom stereocenters. The van der Waals surface area contributed by atoms with Crippen LogP contribution in [0.2, 0.25) is 0 Å². The van der Waals surface area contributed by atoms with Gasteiger partial charge < -0.3 is 16.2 Å². The van der Waals surface area contributed by atoms with Gasteiger partial charge in [0, 0.05) is 18.3 Å². The van der Waals surface area contributed by atoms with E-state index in [9.17, 15) is 9.18 Å². The topological polar surface area (TPSA) is 78.6 Å². The number of rotatable bonds is 6. The molecule has 0 spiro atoms. The monoisotopic (exact) mass is 267 g/mol. The van der Waals surface area contributed by atoms with Gasteiger partial charge in [-0.25, -0.2) is 4.39 Å². The maximum absolute atomic E-state index is 13.0. The number of nitrogen functional groups attached to an aromatic ring is 1. The molecule has 104 valence electrons. The molecule has 1 fully saturated rings. The average Bonchev–Trinajstić information content (AvgIpc) is 3.17. The van der Waals surface area contributed by atoms with Crippen LogP contribution in [0, 0.1) is 5.82 Å². The van der Waals surface area contributed by atoms with Gasteiger partial charge in [0.25, 0.3) is 0 Å². The molecule has 0 radical (unpaired) electrons. The number of nitrogens with zero attached hydrogens (tertiary/aromatic N) is 1. The summed E-state index contributed by atoms with van der Waals surface area (Å²) in [6, 6.07) is 4.48. The minimum Gasteiger partial charge on any atom is -0.396 e. The van der Waals surface area contributed by atoms with Crippen molar-refractivity contribution in [1.29, 1.82) is 0 Å². The summed E-state index contributed by atoms with van der Waals surface area (Å²) in [4.78, 5) is 13.8. The maximum atomic E-state index is 13.0. The van der Waals surface area contributed by atoms with Gasteiger partial charge >= 0.3 is 0 Å². The zero-order valence-electron chi connectivity index (χ0n) is 10.6. The molecule has 0 bridgehead atoms. The molecule has 6 heteroatoms. The number of amides is 1. The first kappa shape index (κ1) is 13.8. The Hall–Kier alpha value is -1.66. The Labute approximate surface area is 111 Å². The molecule has 1 aliphatic rings. The van der Waals surface area contributed by atoms with Crippen molar-refractivity contribution in [3.8, 4) is 0 Å². The number of anilines is 2. The average molecular weight is 267 g/mol. The Kier molecular flexibility index (Phi) is 4.34. The number of carbonyl (C=O) groups excluding carboxylic acids is 1. The van der Waals surface area contributed by atoms with Crippen LogP contribution in [-0.4, -0.2) is 41.7 Å². The molecule has 1 aromatic carbocycles. The van der Waals surface area contributed by atoms with E-state index in [1.165, 1.54) is 18.2 Å². The van der Waals surface area contributed by atoms with E-state index in [1.54, 1.807) is 0 Å². The predicted octanol–water partition coefficient (Wildman–Crippen LogP) is 0.803. The van der Waals surface area contributed by atoms with E-state index >= 15 is 0 Å². The molecule has 2 rings (SSSR count). The first-order valence-corrected chi connectivity index (χ1v) is 6.30. The zero-order chi connectivity index (χ0) is 13.8. The molecular formula is C13H18FN3O2. The van der Waals surface area contributed by atoms with Crippen LogP contribution in [0.1, 0.15) is 12.8 Å². The second kappa shape index (κ2) is 5.99. The fourth-order valence-electron chi connectivity index (χ4n) is 1.97. The number of nitrogens with one attached hydrogen (secondary N) is 1. The molecule has 5 nitrogen and oxygen atoms in total. The Morgan fingerprint density at radius 1 is 1.53 bits per heavy atom. The molecule has 4 N–H and O–H groups in total. The highest BCUT2D eigenvalue weighted by Gasteiger charge is 2.29. The van der Waals surface area contributed by atoms with E-state index in [0.717, 1.165) is 12.8 Å². The number of aliphatic hydroxyl groups excluding tert-OH is 1. The van der Waals surface area contributed by atoms with Crippen LogP contribution in [0.4, 0.5) is 15.8 Å². The lowest BCUT2D eigenvalue weighted by molar-refractivity contribution is -0.117. The fraction of sp³-hybridized carbons (Fsp3) is 0.462. The minimum atomic E-state index is -0.502.